The fraction of sp³-hybridized carbons (Fsp3) is 0.269. The lowest BCUT2D eigenvalue weighted by Gasteiger charge is -2.51. The molecule has 1 heterocycles. The van der Waals surface area contributed by atoms with Gasteiger partial charge in [0.15, 0.2) is 0 Å². The molecule has 1 N–H and O–H groups in total. The third-order valence-corrected chi connectivity index (χ3v) is 6.22. The molecule has 0 bridgehead atoms. The van der Waals surface area contributed by atoms with E-state index in [4.69, 9.17) is 0 Å². The smallest absolute Gasteiger partial charge is 0.317 e. The van der Waals surface area contributed by atoms with Crippen molar-refractivity contribution >= 4 is 18.4 Å². The minimum absolute atomic E-state index is 0. The van der Waals surface area contributed by atoms with Crippen molar-refractivity contribution in [1.82, 2.24) is 9.80 Å². The third kappa shape index (κ3) is 4.56. The Hall–Kier alpha value is -2.73. The average molecular weight is 455 g/mol. The summed E-state index contributed by atoms with van der Waals surface area (Å²) in [5, 5.41) is 9.28. The van der Waals surface area contributed by atoms with Gasteiger partial charge in [0.25, 0.3) is 0 Å². The summed E-state index contributed by atoms with van der Waals surface area (Å²) in [6.45, 7) is 4.14. The minimum atomic E-state index is -0.809. The second kappa shape index (κ2) is 10.3. The Kier molecular flexibility index (Phi) is 7.67. The van der Waals surface area contributed by atoms with Gasteiger partial charge in [-0.1, -0.05) is 72.8 Å². The first-order valence-electron chi connectivity index (χ1n) is 10.6. The Morgan fingerprint density at radius 2 is 1.41 bits per heavy atom. The molecule has 0 aromatic heterocycles. The van der Waals surface area contributed by atoms with Crippen molar-refractivity contribution in [2.45, 2.75) is 18.5 Å². The number of carbonyl (C=O) groups is 1. The highest BCUT2D eigenvalue weighted by Crippen LogP contribution is 2.43. The number of carboxylic acid groups (broad SMARTS) is 1. The number of aliphatic carboxylic acids is 1. The van der Waals surface area contributed by atoms with Crippen LogP contribution in [0, 0.1) is 5.82 Å². The Morgan fingerprint density at radius 1 is 0.906 bits per heavy atom. The summed E-state index contributed by atoms with van der Waals surface area (Å²) in [4.78, 5) is 15.7. The van der Waals surface area contributed by atoms with Crippen LogP contribution >= 0.6 is 12.4 Å². The second-order valence-corrected chi connectivity index (χ2v) is 8.11. The summed E-state index contributed by atoms with van der Waals surface area (Å²) < 4.78 is 13.9. The first-order chi connectivity index (χ1) is 15.0. The molecule has 32 heavy (non-hydrogen) atoms. The van der Waals surface area contributed by atoms with Crippen LogP contribution in [0.3, 0.4) is 0 Å². The van der Waals surface area contributed by atoms with Crippen molar-refractivity contribution in [1.29, 1.82) is 0 Å². The van der Waals surface area contributed by atoms with E-state index in [0.29, 0.717) is 19.6 Å². The summed E-state index contributed by atoms with van der Waals surface area (Å²) in [6, 6.07) is 27.4. The molecule has 1 saturated heterocycles. The van der Waals surface area contributed by atoms with Crippen molar-refractivity contribution < 1.29 is 14.3 Å². The van der Waals surface area contributed by atoms with E-state index in [-0.39, 0.29) is 30.8 Å². The van der Waals surface area contributed by atoms with Gasteiger partial charge >= 0.3 is 5.97 Å². The maximum absolute atomic E-state index is 13.9. The van der Waals surface area contributed by atoms with Crippen LogP contribution in [0.1, 0.15) is 23.6 Å². The van der Waals surface area contributed by atoms with Crippen molar-refractivity contribution in [3.05, 3.63) is 107 Å². The molecule has 0 saturated carbocycles. The fourth-order valence-corrected chi connectivity index (χ4v) is 4.81. The van der Waals surface area contributed by atoms with Crippen LogP contribution in [0.2, 0.25) is 0 Å². The molecule has 0 unspecified atom stereocenters. The highest BCUT2D eigenvalue weighted by atomic mass is 35.5. The predicted molar refractivity (Wildman–Crippen MR) is 127 cm³/mol. The maximum Gasteiger partial charge on any atom is 0.317 e. The summed E-state index contributed by atoms with van der Waals surface area (Å²) >= 11 is 0. The quantitative estimate of drug-likeness (QED) is 0.551. The van der Waals surface area contributed by atoms with Gasteiger partial charge in [-0.05, 0) is 35.7 Å². The van der Waals surface area contributed by atoms with Gasteiger partial charge in [0.1, 0.15) is 5.82 Å². The zero-order valence-electron chi connectivity index (χ0n) is 18.0. The van der Waals surface area contributed by atoms with Gasteiger partial charge in [-0.3, -0.25) is 14.6 Å². The topological polar surface area (TPSA) is 43.8 Å². The molecule has 4 rings (SSSR count). The van der Waals surface area contributed by atoms with Gasteiger partial charge in [0.05, 0.1) is 12.1 Å². The Morgan fingerprint density at radius 3 is 1.88 bits per heavy atom. The molecule has 0 spiro atoms. The molecular formula is C26H28ClFN2O2. The standard InChI is InChI=1S/C26H27FN2O2.ClH/c1-20-18-29(17-16-28(20)19-25(30)31)26(21-8-4-2-5-9-21,22-10-6-3-7-11-22)23-12-14-24(27)15-13-23;/h2-15,20H,16-19H2,1H3,(H,30,31);1H/t20-;/m1./s1. The second-order valence-electron chi connectivity index (χ2n) is 8.11. The molecule has 4 nitrogen and oxygen atoms in total. The predicted octanol–water partition coefficient (Wildman–Crippen LogP) is 4.63. The fourth-order valence-electron chi connectivity index (χ4n) is 4.81. The average Bonchev–Trinajstić information content (AvgIpc) is 2.78. The van der Waals surface area contributed by atoms with E-state index in [1.165, 1.54) is 12.1 Å². The maximum atomic E-state index is 13.9. The van der Waals surface area contributed by atoms with Crippen LogP contribution in [0.25, 0.3) is 0 Å². The Labute approximate surface area is 194 Å². The van der Waals surface area contributed by atoms with Crippen molar-refractivity contribution in [2.75, 3.05) is 26.2 Å². The Bertz CT molecular complexity index is 976. The Balaban J connectivity index is 0.00000289. The van der Waals surface area contributed by atoms with E-state index < -0.39 is 11.5 Å². The summed E-state index contributed by atoms with van der Waals surface area (Å²) in [5.74, 6) is -1.07. The van der Waals surface area contributed by atoms with E-state index in [0.717, 1.165) is 16.7 Å². The molecule has 3 aromatic rings. The normalized spacial score (nSPS) is 17.5. The van der Waals surface area contributed by atoms with Gasteiger partial charge in [-0.2, -0.15) is 0 Å². The third-order valence-electron chi connectivity index (χ3n) is 6.22. The molecule has 1 fully saturated rings. The van der Waals surface area contributed by atoms with E-state index in [2.05, 4.69) is 36.1 Å². The highest BCUT2D eigenvalue weighted by Gasteiger charge is 2.44. The molecule has 0 radical (unpaired) electrons. The van der Waals surface area contributed by atoms with Crippen molar-refractivity contribution in [3.8, 4) is 0 Å². The number of piperazine rings is 1. The number of hydrogen-bond acceptors (Lipinski definition) is 3. The van der Waals surface area contributed by atoms with E-state index >= 15 is 0 Å². The van der Waals surface area contributed by atoms with Crippen LogP contribution in [-0.4, -0.2) is 53.1 Å². The SMILES string of the molecule is C[C@@H]1CN(C(c2ccccc2)(c2ccccc2)c2ccc(F)cc2)CCN1CC(=O)O.Cl. The lowest BCUT2D eigenvalue weighted by atomic mass is 9.75. The monoisotopic (exact) mass is 454 g/mol. The number of rotatable bonds is 6. The number of carboxylic acids is 1. The van der Waals surface area contributed by atoms with Crippen LogP contribution in [0.15, 0.2) is 84.9 Å². The van der Waals surface area contributed by atoms with Crippen LogP contribution in [-0.2, 0) is 10.3 Å². The zero-order valence-corrected chi connectivity index (χ0v) is 18.8. The molecule has 1 atom stereocenters. The van der Waals surface area contributed by atoms with E-state index in [1.807, 2.05) is 53.4 Å². The van der Waals surface area contributed by atoms with E-state index in [1.54, 1.807) is 0 Å². The summed E-state index contributed by atoms with van der Waals surface area (Å²) in [5.41, 5.74) is 2.59. The first kappa shape index (κ1) is 23.9. The number of nitrogens with zero attached hydrogens (tertiary/aromatic N) is 2. The van der Waals surface area contributed by atoms with Crippen molar-refractivity contribution in [2.24, 2.45) is 0 Å². The van der Waals surface area contributed by atoms with Crippen LogP contribution in [0.4, 0.5) is 4.39 Å². The minimum Gasteiger partial charge on any atom is -0.480 e. The molecular weight excluding hydrogens is 427 g/mol. The zero-order chi connectivity index (χ0) is 21.8. The number of benzene rings is 3. The molecule has 0 amide bonds. The van der Waals surface area contributed by atoms with E-state index in [9.17, 15) is 14.3 Å². The highest BCUT2D eigenvalue weighted by molar-refractivity contribution is 5.85. The molecule has 3 aromatic carbocycles. The lowest BCUT2D eigenvalue weighted by Crippen LogP contribution is -2.60. The van der Waals surface area contributed by atoms with Crippen molar-refractivity contribution in [3.63, 3.8) is 0 Å². The number of halogens is 2. The van der Waals surface area contributed by atoms with Crippen LogP contribution < -0.4 is 0 Å². The molecule has 1 aliphatic rings. The molecule has 0 aliphatic carbocycles. The summed E-state index contributed by atoms with van der Waals surface area (Å²) in [6.07, 6.45) is 0. The van der Waals surface area contributed by atoms with Gasteiger partial charge in [0, 0.05) is 25.7 Å². The van der Waals surface area contributed by atoms with Gasteiger partial charge in [0.2, 0.25) is 0 Å². The number of hydrogen-bond donors (Lipinski definition) is 1. The molecule has 6 heteroatoms. The summed E-state index contributed by atoms with van der Waals surface area (Å²) in [7, 11) is 0. The largest absolute Gasteiger partial charge is 0.480 e. The first-order valence-corrected chi connectivity index (χ1v) is 10.6. The van der Waals surface area contributed by atoms with Gasteiger partial charge in [-0.25, -0.2) is 4.39 Å². The van der Waals surface area contributed by atoms with Gasteiger partial charge in [-0.15, -0.1) is 12.4 Å². The van der Waals surface area contributed by atoms with Gasteiger partial charge < -0.3 is 5.11 Å². The van der Waals surface area contributed by atoms with Crippen LogP contribution in [0.5, 0.6) is 0 Å². The molecule has 168 valence electrons. The lowest BCUT2D eigenvalue weighted by molar-refractivity contribution is -0.139. The molecule has 1 aliphatic heterocycles.